The van der Waals surface area contributed by atoms with E-state index in [9.17, 15) is 14.4 Å². The molecule has 6 nitrogen and oxygen atoms in total. The lowest BCUT2D eigenvalue weighted by molar-refractivity contribution is -0.150. The third-order valence-electron chi connectivity index (χ3n) is 4.37. The predicted molar refractivity (Wildman–Crippen MR) is 98.4 cm³/mol. The van der Waals surface area contributed by atoms with Gasteiger partial charge < -0.3 is 15.0 Å². The number of nitrogens with zero attached hydrogens (tertiary/aromatic N) is 1. The van der Waals surface area contributed by atoms with E-state index in [-0.39, 0.29) is 25.0 Å². The maximum Gasteiger partial charge on any atom is 0.325 e. The molecule has 0 aliphatic heterocycles. The van der Waals surface area contributed by atoms with E-state index >= 15 is 0 Å². The molecule has 6 heteroatoms. The molecule has 0 bridgehead atoms. The van der Waals surface area contributed by atoms with Crippen LogP contribution in [0.15, 0.2) is 36.0 Å². The summed E-state index contributed by atoms with van der Waals surface area (Å²) in [6.45, 7) is 3.69. The fraction of sp³-hybridized carbons (Fsp3) is 0.450. The standard InChI is InChI=1S/C20H26N2O4/c1-3-22(16-10-5-4-6-11-16)18(23)14-26-19(24)13-21-20(25)17-12-8-7-9-15(17)2/h7-10,12H,3-6,11,13-14H2,1-2H3,(H,21,25). The van der Waals surface area contributed by atoms with Gasteiger partial charge in [0.1, 0.15) is 6.54 Å². The topological polar surface area (TPSA) is 75.7 Å². The van der Waals surface area contributed by atoms with E-state index in [0.29, 0.717) is 12.1 Å². The number of hydrogen-bond acceptors (Lipinski definition) is 4. The Hall–Kier alpha value is -2.63. The number of aryl methyl sites for hydroxylation is 1. The second-order valence-corrected chi connectivity index (χ2v) is 6.24. The number of hydrogen-bond donors (Lipinski definition) is 1. The van der Waals surface area contributed by atoms with E-state index in [4.69, 9.17) is 4.74 Å². The van der Waals surface area contributed by atoms with Gasteiger partial charge in [0.05, 0.1) is 0 Å². The van der Waals surface area contributed by atoms with Crippen molar-refractivity contribution in [1.29, 1.82) is 0 Å². The van der Waals surface area contributed by atoms with Crippen LogP contribution < -0.4 is 5.32 Å². The molecule has 0 saturated heterocycles. The van der Waals surface area contributed by atoms with Crippen molar-refractivity contribution in [2.24, 2.45) is 0 Å². The summed E-state index contributed by atoms with van der Waals surface area (Å²) in [5.74, 6) is -1.21. The minimum Gasteiger partial charge on any atom is -0.454 e. The van der Waals surface area contributed by atoms with Crippen molar-refractivity contribution in [2.45, 2.75) is 39.5 Å². The first kappa shape index (κ1) is 19.7. The normalized spacial score (nSPS) is 13.5. The van der Waals surface area contributed by atoms with Crippen LogP contribution in [-0.4, -0.2) is 42.4 Å². The van der Waals surface area contributed by atoms with Crippen LogP contribution in [0.1, 0.15) is 48.5 Å². The zero-order valence-electron chi connectivity index (χ0n) is 15.4. The Kier molecular flexibility index (Phi) is 7.38. The second-order valence-electron chi connectivity index (χ2n) is 6.24. The van der Waals surface area contributed by atoms with E-state index in [1.54, 1.807) is 17.0 Å². The lowest BCUT2D eigenvalue weighted by Gasteiger charge is -2.26. The summed E-state index contributed by atoms with van der Waals surface area (Å²) in [4.78, 5) is 37.9. The minimum atomic E-state index is -0.631. The van der Waals surface area contributed by atoms with E-state index < -0.39 is 5.97 Å². The Morgan fingerprint density at radius 1 is 1.19 bits per heavy atom. The van der Waals surface area contributed by atoms with Crippen molar-refractivity contribution in [3.8, 4) is 0 Å². The van der Waals surface area contributed by atoms with Crippen LogP contribution in [0, 0.1) is 6.92 Å². The van der Waals surface area contributed by atoms with E-state index in [1.165, 1.54) is 0 Å². The molecular formula is C20H26N2O4. The molecule has 140 valence electrons. The smallest absolute Gasteiger partial charge is 0.325 e. The summed E-state index contributed by atoms with van der Waals surface area (Å²) < 4.78 is 5.02. The van der Waals surface area contributed by atoms with Crippen LogP contribution in [0.5, 0.6) is 0 Å². The third-order valence-corrected chi connectivity index (χ3v) is 4.37. The highest BCUT2D eigenvalue weighted by Crippen LogP contribution is 2.20. The summed E-state index contributed by atoms with van der Waals surface area (Å²) in [7, 11) is 0. The van der Waals surface area contributed by atoms with Gasteiger partial charge in [-0.25, -0.2) is 0 Å². The number of benzene rings is 1. The molecule has 0 heterocycles. The van der Waals surface area contributed by atoms with E-state index in [1.807, 2.05) is 26.0 Å². The zero-order chi connectivity index (χ0) is 18.9. The Labute approximate surface area is 154 Å². The first-order valence-electron chi connectivity index (χ1n) is 9.01. The average molecular weight is 358 g/mol. The van der Waals surface area contributed by atoms with Crippen molar-refractivity contribution >= 4 is 17.8 Å². The van der Waals surface area contributed by atoms with Crippen LogP contribution in [0.4, 0.5) is 0 Å². The van der Waals surface area contributed by atoms with E-state index in [0.717, 1.165) is 36.9 Å². The first-order valence-corrected chi connectivity index (χ1v) is 9.01. The van der Waals surface area contributed by atoms with Gasteiger partial charge in [-0.3, -0.25) is 14.4 Å². The molecule has 2 amide bonds. The predicted octanol–water partition coefficient (Wildman–Crippen LogP) is 2.57. The highest BCUT2D eigenvalue weighted by molar-refractivity contribution is 5.97. The number of likely N-dealkylation sites (N-methyl/N-ethyl adjacent to an activating group) is 1. The summed E-state index contributed by atoms with van der Waals surface area (Å²) in [5.41, 5.74) is 2.35. The van der Waals surface area contributed by atoms with Crippen LogP contribution in [-0.2, 0) is 14.3 Å². The van der Waals surface area contributed by atoms with Crippen molar-refractivity contribution in [1.82, 2.24) is 10.2 Å². The number of carbonyl (C=O) groups is 3. The van der Waals surface area contributed by atoms with Crippen molar-refractivity contribution in [3.05, 3.63) is 47.2 Å². The van der Waals surface area contributed by atoms with Gasteiger partial charge in [-0.15, -0.1) is 0 Å². The molecule has 1 aliphatic rings. The van der Waals surface area contributed by atoms with Crippen molar-refractivity contribution < 1.29 is 19.1 Å². The Morgan fingerprint density at radius 3 is 2.62 bits per heavy atom. The van der Waals surface area contributed by atoms with Crippen LogP contribution >= 0.6 is 0 Å². The van der Waals surface area contributed by atoms with Gasteiger partial charge in [-0.2, -0.15) is 0 Å². The number of carbonyl (C=O) groups excluding carboxylic acids is 3. The summed E-state index contributed by atoms with van der Waals surface area (Å²) in [6.07, 6.45) is 6.14. The van der Waals surface area contributed by atoms with Gasteiger partial charge in [0, 0.05) is 17.8 Å². The quantitative estimate of drug-likeness (QED) is 0.760. The van der Waals surface area contributed by atoms with Crippen molar-refractivity contribution in [2.75, 3.05) is 19.7 Å². The van der Waals surface area contributed by atoms with Crippen LogP contribution in [0.3, 0.4) is 0 Å². The zero-order valence-corrected chi connectivity index (χ0v) is 15.4. The summed E-state index contributed by atoms with van der Waals surface area (Å²) in [5, 5.41) is 2.52. The lowest BCUT2D eigenvalue weighted by Crippen LogP contribution is -2.36. The lowest BCUT2D eigenvalue weighted by atomic mass is 10.0. The van der Waals surface area contributed by atoms with Crippen LogP contribution in [0.2, 0.25) is 0 Å². The van der Waals surface area contributed by atoms with Gasteiger partial charge >= 0.3 is 5.97 Å². The molecule has 1 N–H and O–H groups in total. The third kappa shape index (κ3) is 5.44. The van der Waals surface area contributed by atoms with Gasteiger partial charge in [-0.1, -0.05) is 24.3 Å². The molecule has 1 aliphatic carbocycles. The highest BCUT2D eigenvalue weighted by Gasteiger charge is 2.19. The molecular weight excluding hydrogens is 332 g/mol. The Balaban J connectivity index is 1.79. The van der Waals surface area contributed by atoms with Gasteiger partial charge in [0.15, 0.2) is 6.61 Å². The summed E-state index contributed by atoms with van der Waals surface area (Å²) >= 11 is 0. The Morgan fingerprint density at radius 2 is 1.96 bits per heavy atom. The van der Waals surface area contributed by atoms with Crippen LogP contribution in [0.25, 0.3) is 0 Å². The highest BCUT2D eigenvalue weighted by atomic mass is 16.5. The van der Waals surface area contributed by atoms with E-state index in [2.05, 4.69) is 11.4 Å². The summed E-state index contributed by atoms with van der Waals surface area (Å²) in [6, 6.07) is 7.12. The SMILES string of the molecule is CCN(C(=O)COC(=O)CNC(=O)c1ccccc1C)C1=CCCCC1. The number of nitrogens with one attached hydrogen (secondary N) is 1. The number of amides is 2. The minimum absolute atomic E-state index is 0.237. The average Bonchev–Trinajstić information content (AvgIpc) is 2.66. The molecule has 0 aromatic heterocycles. The van der Waals surface area contributed by atoms with Gasteiger partial charge in [-0.05, 0) is 51.2 Å². The maximum atomic E-state index is 12.3. The second kappa shape index (κ2) is 9.75. The molecule has 0 unspecified atom stereocenters. The molecule has 0 fully saturated rings. The molecule has 0 saturated carbocycles. The van der Waals surface area contributed by atoms with Gasteiger partial charge in [0.2, 0.25) is 0 Å². The molecule has 1 aromatic rings. The molecule has 0 spiro atoms. The number of esters is 1. The number of allylic oxidation sites excluding steroid dienone is 2. The molecule has 26 heavy (non-hydrogen) atoms. The molecule has 0 atom stereocenters. The maximum absolute atomic E-state index is 12.3. The Bertz CT molecular complexity index is 697. The van der Waals surface area contributed by atoms with Gasteiger partial charge in [0.25, 0.3) is 11.8 Å². The fourth-order valence-corrected chi connectivity index (χ4v) is 2.95. The molecule has 0 radical (unpaired) electrons. The van der Waals surface area contributed by atoms with Crippen molar-refractivity contribution in [3.63, 3.8) is 0 Å². The number of rotatable bonds is 7. The monoisotopic (exact) mass is 358 g/mol. The largest absolute Gasteiger partial charge is 0.454 e. The molecule has 2 rings (SSSR count). The fourth-order valence-electron chi connectivity index (χ4n) is 2.95. The molecule has 1 aromatic carbocycles. The first-order chi connectivity index (χ1) is 12.5. The number of ether oxygens (including phenoxy) is 1.